The zero-order valence-electron chi connectivity index (χ0n) is 12.1. The third kappa shape index (κ3) is 2.54. The minimum Gasteiger partial charge on any atom is -0.494 e. The molecule has 1 aromatic carbocycles. The SMILES string of the molecule is COc1ccc(CN2CCNCC23CCCC3)cc1F. The number of halogens is 1. The van der Waals surface area contributed by atoms with Crippen LogP contribution in [0, 0.1) is 5.82 Å². The molecule has 1 saturated heterocycles. The monoisotopic (exact) mass is 278 g/mol. The first-order valence-corrected chi connectivity index (χ1v) is 7.52. The summed E-state index contributed by atoms with van der Waals surface area (Å²) in [4.78, 5) is 2.55. The summed E-state index contributed by atoms with van der Waals surface area (Å²) in [6, 6.07) is 5.32. The first-order valence-electron chi connectivity index (χ1n) is 7.52. The topological polar surface area (TPSA) is 24.5 Å². The van der Waals surface area contributed by atoms with Crippen LogP contribution in [0.2, 0.25) is 0 Å². The van der Waals surface area contributed by atoms with Crippen LogP contribution in [0.1, 0.15) is 31.2 Å². The molecule has 0 radical (unpaired) electrons. The number of rotatable bonds is 3. The van der Waals surface area contributed by atoms with Gasteiger partial charge in [0.2, 0.25) is 0 Å². The maximum Gasteiger partial charge on any atom is 0.165 e. The van der Waals surface area contributed by atoms with Gasteiger partial charge < -0.3 is 10.1 Å². The Hall–Kier alpha value is -1.13. The zero-order valence-corrected chi connectivity index (χ0v) is 12.1. The minimum atomic E-state index is -0.263. The third-order valence-corrected chi connectivity index (χ3v) is 4.81. The van der Waals surface area contributed by atoms with E-state index in [2.05, 4.69) is 10.2 Å². The van der Waals surface area contributed by atoms with Crippen molar-refractivity contribution in [1.82, 2.24) is 10.2 Å². The second-order valence-electron chi connectivity index (χ2n) is 6.00. The number of hydrogen-bond acceptors (Lipinski definition) is 3. The maximum absolute atomic E-state index is 13.8. The van der Waals surface area contributed by atoms with Gasteiger partial charge in [-0.05, 0) is 30.5 Å². The smallest absolute Gasteiger partial charge is 0.165 e. The lowest BCUT2D eigenvalue weighted by Gasteiger charge is -2.45. The summed E-state index contributed by atoms with van der Waals surface area (Å²) in [5.41, 5.74) is 1.34. The first-order chi connectivity index (χ1) is 9.73. The lowest BCUT2D eigenvalue weighted by Crippen LogP contribution is -2.59. The predicted octanol–water partition coefficient (Wildman–Crippen LogP) is 2.55. The van der Waals surface area contributed by atoms with E-state index in [0.29, 0.717) is 11.3 Å². The molecule has 1 spiro atoms. The molecule has 1 aliphatic carbocycles. The van der Waals surface area contributed by atoms with E-state index < -0.39 is 0 Å². The summed E-state index contributed by atoms with van der Waals surface area (Å²) in [6.45, 7) is 3.99. The fourth-order valence-corrected chi connectivity index (χ4v) is 3.69. The summed E-state index contributed by atoms with van der Waals surface area (Å²) in [7, 11) is 1.50. The molecule has 0 unspecified atom stereocenters. The standard InChI is InChI=1S/C16H23FN2O/c1-20-15-5-4-13(10-14(15)17)11-19-9-8-18-12-16(19)6-2-3-7-16/h4-5,10,18H,2-3,6-9,11-12H2,1H3. The van der Waals surface area contributed by atoms with Crippen LogP contribution in [-0.2, 0) is 6.54 Å². The molecule has 20 heavy (non-hydrogen) atoms. The van der Waals surface area contributed by atoms with E-state index in [1.807, 2.05) is 6.07 Å². The zero-order chi connectivity index (χ0) is 14.0. The number of benzene rings is 1. The highest BCUT2D eigenvalue weighted by atomic mass is 19.1. The molecule has 1 N–H and O–H groups in total. The molecule has 0 amide bonds. The summed E-state index contributed by atoms with van der Waals surface area (Å²) in [5, 5.41) is 3.53. The van der Waals surface area contributed by atoms with E-state index >= 15 is 0 Å². The van der Waals surface area contributed by atoms with Crippen LogP contribution in [0.15, 0.2) is 18.2 Å². The number of piperazine rings is 1. The summed E-state index contributed by atoms with van der Waals surface area (Å²) in [6.07, 6.45) is 5.15. The van der Waals surface area contributed by atoms with Crippen LogP contribution >= 0.6 is 0 Å². The molecular formula is C16H23FN2O. The van der Waals surface area contributed by atoms with E-state index in [4.69, 9.17) is 4.74 Å². The maximum atomic E-state index is 13.8. The Morgan fingerprint density at radius 3 is 2.85 bits per heavy atom. The molecule has 0 bridgehead atoms. The highest BCUT2D eigenvalue weighted by Crippen LogP contribution is 2.37. The van der Waals surface area contributed by atoms with Crippen LogP contribution in [0.5, 0.6) is 5.75 Å². The minimum absolute atomic E-state index is 0.263. The largest absolute Gasteiger partial charge is 0.494 e. The Morgan fingerprint density at radius 1 is 1.35 bits per heavy atom. The number of methoxy groups -OCH3 is 1. The van der Waals surface area contributed by atoms with Crippen molar-refractivity contribution in [2.75, 3.05) is 26.7 Å². The van der Waals surface area contributed by atoms with Gasteiger partial charge in [-0.2, -0.15) is 0 Å². The van der Waals surface area contributed by atoms with Gasteiger partial charge in [0.25, 0.3) is 0 Å². The first kappa shape index (κ1) is 13.8. The van der Waals surface area contributed by atoms with Gasteiger partial charge in [-0.25, -0.2) is 4.39 Å². The normalized spacial score (nSPS) is 22.3. The number of nitrogens with zero attached hydrogens (tertiary/aromatic N) is 1. The van der Waals surface area contributed by atoms with Crippen LogP contribution < -0.4 is 10.1 Å². The Kier molecular flexibility index (Phi) is 3.94. The molecule has 0 atom stereocenters. The van der Waals surface area contributed by atoms with Crippen molar-refractivity contribution >= 4 is 0 Å². The van der Waals surface area contributed by atoms with Gasteiger partial charge in [-0.1, -0.05) is 18.9 Å². The quantitative estimate of drug-likeness (QED) is 0.919. The Morgan fingerprint density at radius 2 is 2.15 bits per heavy atom. The molecule has 2 aliphatic rings. The molecule has 1 heterocycles. The Labute approximate surface area is 120 Å². The molecule has 4 heteroatoms. The third-order valence-electron chi connectivity index (χ3n) is 4.81. The number of nitrogens with one attached hydrogen (secondary N) is 1. The average molecular weight is 278 g/mol. The van der Waals surface area contributed by atoms with Crippen molar-refractivity contribution in [2.45, 2.75) is 37.8 Å². The second-order valence-corrected chi connectivity index (χ2v) is 6.00. The van der Waals surface area contributed by atoms with Gasteiger partial charge in [-0.3, -0.25) is 4.90 Å². The van der Waals surface area contributed by atoms with Gasteiger partial charge in [0.1, 0.15) is 0 Å². The van der Waals surface area contributed by atoms with Crippen LogP contribution in [-0.4, -0.2) is 37.2 Å². The van der Waals surface area contributed by atoms with Crippen molar-refractivity contribution in [1.29, 1.82) is 0 Å². The Bertz CT molecular complexity index is 472. The van der Waals surface area contributed by atoms with E-state index in [9.17, 15) is 4.39 Å². The van der Waals surface area contributed by atoms with Crippen molar-refractivity contribution in [3.8, 4) is 5.75 Å². The van der Waals surface area contributed by atoms with Crippen molar-refractivity contribution in [3.05, 3.63) is 29.6 Å². The summed E-state index contributed by atoms with van der Waals surface area (Å²) < 4.78 is 18.8. The molecule has 0 aromatic heterocycles. The highest BCUT2D eigenvalue weighted by molar-refractivity contribution is 5.29. The molecule has 3 rings (SSSR count). The van der Waals surface area contributed by atoms with Crippen LogP contribution in [0.4, 0.5) is 4.39 Å². The fraction of sp³-hybridized carbons (Fsp3) is 0.625. The molecule has 1 aliphatic heterocycles. The number of ether oxygens (including phenoxy) is 1. The lowest BCUT2D eigenvalue weighted by molar-refractivity contribution is 0.0571. The van der Waals surface area contributed by atoms with Gasteiger partial charge in [-0.15, -0.1) is 0 Å². The van der Waals surface area contributed by atoms with Crippen molar-refractivity contribution in [2.24, 2.45) is 0 Å². The van der Waals surface area contributed by atoms with Gasteiger partial charge in [0, 0.05) is 31.7 Å². The van der Waals surface area contributed by atoms with Crippen LogP contribution in [0.25, 0.3) is 0 Å². The second kappa shape index (κ2) is 5.70. The molecular weight excluding hydrogens is 255 g/mol. The average Bonchev–Trinajstić information content (AvgIpc) is 2.91. The van der Waals surface area contributed by atoms with Gasteiger partial charge in [0.15, 0.2) is 11.6 Å². The van der Waals surface area contributed by atoms with E-state index in [0.717, 1.165) is 31.7 Å². The molecule has 1 saturated carbocycles. The molecule has 2 fully saturated rings. The van der Waals surface area contributed by atoms with Crippen molar-refractivity contribution in [3.63, 3.8) is 0 Å². The summed E-state index contributed by atoms with van der Waals surface area (Å²) in [5.74, 6) is 0.0604. The van der Waals surface area contributed by atoms with Gasteiger partial charge in [0.05, 0.1) is 7.11 Å². The van der Waals surface area contributed by atoms with Crippen LogP contribution in [0.3, 0.4) is 0 Å². The molecule has 3 nitrogen and oxygen atoms in total. The van der Waals surface area contributed by atoms with E-state index in [1.54, 1.807) is 12.1 Å². The predicted molar refractivity (Wildman–Crippen MR) is 77.4 cm³/mol. The molecule has 1 aromatic rings. The Balaban J connectivity index is 1.77. The molecule has 110 valence electrons. The number of hydrogen-bond donors (Lipinski definition) is 1. The van der Waals surface area contributed by atoms with Gasteiger partial charge >= 0.3 is 0 Å². The van der Waals surface area contributed by atoms with E-state index in [-0.39, 0.29) is 5.82 Å². The summed E-state index contributed by atoms with van der Waals surface area (Å²) >= 11 is 0. The lowest BCUT2D eigenvalue weighted by atomic mass is 9.92. The van der Waals surface area contributed by atoms with Crippen molar-refractivity contribution < 1.29 is 9.13 Å². The van der Waals surface area contributed by atoms with E-state index in [1.165, 1.54) is 32.8 Å². The fourth-order valence-electron chi connectivity index (χ4n) is 3.69. The highest BCUT2D eigenvalue weighted by Gasteiger charge is 2.40.